The number of hydrogen-bond donors (Lipinski definition) is 0. The molecule has 0 N–H and O–H groups in total. The summed E-state index contributed by atoms with van der Waals surface area (Å²) in [5, 5.41) is 9.70. The van der Waals surface area contributed by atoms with E-state index in [1.54, 1.807) is 42.3 Å². The number of hydrogen-bond acceptors (Lipinski definition) is 5. The number of amides is 1. The quantitative estimate of drug-likeness (QED) is 0.622. The first-order chi connectivity index (χ1) is 15.1. The molecule has 0 aliphatic carbocycles. The van der Waals surface area contributed by atoms with Crippen molar-refractivity contribution in [2.45, 2.75) is 6.04 Å². The Bertz CT molecular complexity index is 1100. The van der Waals surface area contributed by atoms with Gasteiger partial charge in [-0.2, -0.15) is 5.26 Å². The molecular formula is C24H22FN3O3. The van der Waals surface area contributed by atoms with Gasteiger partial charge in [-0.05, 0) is 42.0 Å². The van der Waals surface area contributed by atoms with Crippen LogP contribution in [-0.2, 0) is 0 Å². The summed E-state index contributed by atoms with van der Waals surface area (Å²) in [6.45, 7) is 2.08. The fourth-order valence-electron chi connectivity index (χ4n) is 3.75. The molecule has 0 spiro atoms. The second-order valence-corrected chi connectivity index (χ2v) is 7.28. The summed E-state index contributed by atoms with van der Waals surface area (Å²) in [5.74, 6) is 0.609. The van der Waals surface area contributed by atoms with E-state index in [1.165, 1.54) is 6.07 Å². The van der Waals surface area contributed by atoms with Crippen LogP contribution in [0.4, 0.5) is 4.39 Å². The average Bonchev–Trinajstić information content (AvgIpc) is 3.30. The molecule has 0 saturated carbocycles. The molecule has 1 saturated heterocycles. The molecule has 1 atom stereocenters. The van der Waals surface area contributed by atoms with Crippen LogP contribution in [0.1, 0.15) is 22.2 Å². The van der Waals surface area contributed by atoms with E-state index in [0.717, 1.165) is 11.3 Å². The first-order valence-corrected chi connectivity index (χ1v) is 10.0. The number of rotatable bonds is 5. The highest BCUT2D eigenvalue weighted by Gasteiger charge is 2.29. The number of furan rings is 1. The lowest BCUT2D eigenvalue weighted by Crippen LogP contribution is -2.49. The predicted octanol–water partition coefficient (Wildman–Crippen LogP) is 4.12. The Hall–Kier alpha value is -3.63. The van der Waals surface area contributed by atoms with Crippen LogP contribution in [-0.4, -0.2) is 49.0 Å². The van der Waals surface area contributed by atoms with Crippen molar-refractivity contribution in [1.82, 2.24) is 9.80 Å². The van der Waals surface area contributed by atoms with Gasteiger partial charge in [0.25, 0.3) is 5.91 Å². The SMILES string of the molecule is COc1ccc(C(C#N)N2CCN(C(=O)c3ccc(-c4ccccc4F)o3)CC2)cc1. The second-order valence-electron chi connectivity index (χ2n) is 7.28. The molecule has 158 valence electrons. The van der Waals surface area contributed by atoms with Crippen molar-refractivity contribution in [3.8, 4) is 23.1 Å². The molecule has 1 aliphatic rings. The smallest absolute Gasteiger partial charge is 0.289 e. The predicted molar refractivity (Wildman–Crippen MR) is 113 cm³/mol. The molecular weight excluding hydrogens is 397 g/mol. The molecule has 1 aromatic heterocycles. The number of carbonyl (C=O) groups excluding carboxylic acids is 1. The van der Waals surface area contributed by atoms with Crippen molar-refractivity contribution >= 4 is 5.91 Å². The van der Waals surface area contributed by atoms with Gasteiger partial charge in [0, 0.05) is 26.2 Å². The van der Waals surface area contributed by atoms with Crippen LogP contribution >= 0.6 is 0 Å². The van der Waals surface area contributed by atoms with E-state index in [2.05, 4.69) is 11.0 Å². The topological polar surface area (TPSA) is 69.7 Å². The van der Waals surface area contributed by atoms with Crippen LogP contribution in [0.15, 0.2) is 65.1 Å². The number of carbonyl (C=O) groups is 1. The molecule has 7 heteroatoms. The first kappa shape index (κ1) is 20.6. The van der Waals surface area contributed by atoms with Crippen LogP contribution in [0.5, 0.6) is 5.75 Å². The Balaban J connectivity index is 1.41. The highest BCUT2D eigenvalue weighted by atomic mass is 19.1. The third-order valence-corrected chi connectivity index (χ3v) is 5.48. The van der Waals surface area contributed by atoms with Gasteiger partial charge in [-0.1, -0.05) is 24.3 Å². The Morgan fingerprint density at radius 3 is 2.42 bits per heavy atom. The average molecular weight is 419 g/mol. The van der Waals surface area contributed by atoms with Crippen LogP contribution in [0, 0.1) is 17.1 Å². The lowest BCUT2D eigenvalue weighted by Gasteiger charge is -2.36. The Morgan fingerprint density at radius 1 is 1.06 bits per heavy atom. The van der Waals surface area contributed by atoms with Crippen LogP contribution in [0.2, 0.25) is 0 Å². The molecule has 1 unspecified atom stereocenters. The maximum absolute atomic E-state index is 14.0. The van der Waals surface area contributed by atoms with E-state index in [1.807, 2.05) is 24.3 Å². The lowest BCUT2D eigenvalue weighted by molar-refractivity contribution is 0.0577. The van der Waals surface area contributed by atoms with Crippen LogP contribution < -0.4 is 4.74 Å². The van der Waals surface area contributed by atoms with Gasteiger partial charge in [-0.15, -0.1) is 0 Å². The summed E-state index contributed by atoms with van der Waals surface area (Å²) >= 11 is 0. The lowest BCUT2D eigenvalue weighted by atomic mass is 10.1. The minimum Gasteiger partial charge on any atom is -0.497 e. The summed E-state index contributed by atoms with van der Waals surface area (Å²) in [7, 11) is 1.60. The highest BCUT2D eigenvalue weighted by Crippen LogP contribution is 2.27. The van der Waals surface area contributed by atoms with Crippen molar-refractivity contribution in [2.24, 2.45) is 0 Å². The van der Waals surface area contributed by atoms with E-state index < -0.39 is 5.82 Å². The molecule has 2 heterocycles. The van der Waals surface area contributed by atoms with E-state index in [4.69, 9.17) is 9.15 Å². The van der Waals surface area contributed by atoms with Crippen molar-refractivity contribution in [1.29, 1.82) is 5.26 Å². The van der Waals surface area contributed by atoms with Crippen LogP contribution in [0.3, 0.4) is 0 Å². The third kappa shape index (κ3) is 4.30. The number of piperazine rings is 1. The maximum Gasteiger partial charge on any atom is 0.289 e. The zero-order valence-electron chi connectivity index (χ0n) is 17.1. The minimum absolute atomic E-state index is 0.179. The van der Waals surface area contributed by atoms with Gasteiger partial charge in [0.15, 0.2) is 5.76 Å². The molecule has 6 nitrogen and oxygen atoms in total. The highest BCUT2D eigenvalue weighted by molar-refractivity contribution is 5.92. The number of nitriles is 1. The number of methoxy groups -OCH3 is 1. The van der Waals surface area contributed by atoms with E-state index >= 15 is 0 Å². The monoisotopic (exact) mass is 419 g/mol. The number of ether oxygens (including phenoxy) is 1. The Kier molecular flexibility index (Phi) is 6.01. The van der Waals surface area contributed by atoms with Gasteiger partial charge in [0.2, 0.25) is 0 Å². The molecule has 4 rings (SSSR count). The maximum atomic E-state index is 14.0. The standard InChI is InChI=1S/C24H22FN3O3/c1-30-18-8-6-17(7-9-18)21(16-26)27-12-14-28(15-13-27)24(29)23-11-10-22(31-23)19-4-2-3-5-20(19)25/h2-11,21H,12-15H2,1H3. The van der Waals surface area contributed by atoms with E-state index in [-0.39, 0.29) is 17.7 Å². The normalized spacial score (nSPS) is 15.3. The Labute approximate surface area is 180 Å². The molecule has 0 radical (unpaired) electrons. The molecule has 0 bridgehead atoms. The van der Waals surface area contributed by atoms with Gasteiger partial charge in [-0.25, -0.2) is 4.39 Å². The third-order valence-electron chi connectivity index (χ3n) is 5.48. The van der Waals surface area contributed by atoms with Gasteiger partial charge in [0.05, 0.1) is 18.7 Å². The summed E-state index contributed by atoms with van der Waals surface area (Å²) in [6, 6.07) is 18.9. The summed E-state index contributed by atoms with van der Waals surface area (Å²) in [6.07, 6.45) is 0. The molecule has 1 fully saturated rings. The van der Waals surface area contributed by atoms with E-state index in [0.29, 0.717) is 37.5 Å². The molecule has 3 aromatic rings. The van der Waals surface area contributed by atoms with Crippen LogP contribution in [0.25, 0.3) is 11.3 Å². The zero-order valence-corrected chi connectivity index (χ0v) is 17.1. The molecule has 1 aliphatic heterocycles. The fraction of sp³-hybridized carbons (Fsp3) is 0.250. The van der Waals surface area contributed by atoms with Gasteiger partial charge >= 0.3 is 0 Å². The van der Waals surface area contributed by atoms with Crippen molar-refractivity contribution in [3.05, 3.63) is 77.8 Å². The van der Waals surface area contributed by atoms with Gasteiger partial charge in [0.1, 0.15) is 23.4 Å². The summed E-state index contributed by atoms with van der Waals surface area (Å²) in [4.78, 5) is 16.6. The van der Waals surface area contributed by atoms with Crippen molar-refractivity contribution in [3.63, 3.8) is 0 Å². The largest absolute Gasteiger partial charge is 0.497 e. The summed E-state index contributed by atoms with van der Waals surface area (Å²) in [5.41, 5.74) is 1.21. The Morgan fingerprint density at radius 2 is 1.77 bits per heavy atom. The number of nitrogens with zero attached hydrogens (tertiary/aromatic N) is 3. The van der Waals surface area contributed by atoms with E-state index in [9.17, 15) is 14.4 Å². The molecule has 31 heavy (non-hydrogen) atoms. The van der Waals surface area contributed by atoms with Crippen molar-refractivity contribution in [2.75, 3.05) is 33.3 Å². The zero-order chi connectivity index (χ0) is 21.8. The first-order valence-electron chi connectivity index (χ1n) is 10.0. The fourth-order valence-corrected chi connectivity index (χ4v) is 3.75. The van der Waals surface area contributed by atoms with Crippen molar-refractivity contribution < 1.29 is 18.3 Å². The van der Waals surface area contributed by atoms with Gasteiger partial charge < -0.3 is 14.1 Å². The van der Waals surface area contributed by atoms with Gasteiger partial charge in [-0.3, -0.25) is 9.69 Å². The minimum atomic E-state index is -0.398. The molecule has 2 aromatic carbocycles. The number of halogens is 1. The number of benzene rings is 2. The summed E-state index contributed by atoms with van der Waals surface area (Å²) < 4.78 is 24.8. The molecule has 1 amide bonds. The second kappa shape index (κ2) is 9.02.